The zero-order chi connectivity index (χ0) is 17.7. The largest absolute Gasteiger partial charge is 0.396 e. The number of rotatable bonds is 5. The molecule has 144 valence electrons. The zero-order valence-electron chi connectivity index (χ0n) is 15.6. The van der Waals surface area contributed by atoms with Crippen molar-refractivity contribution < 1.29 is 24.4 Å². The van der Waals surface area contributed by atoms with Gasteiger partial charge in [0.25, 0.3) is 0 Å². The van der Waals surface area contributed by atoms with E-state index in [0.29, 0.717) is 23.7 Å². The number of aliphatic hydroxyl groups is 1. The van der Waals surface area contributed by atoms with Crippen LogP contribution in [0.3, 0.4) is 0 Å². The Morgan fingerprint density at radius 3 is 2.72 bits per heavy atom. The van der Waals surface area contributed by atoms with Gasteiger partial charge in [0.1, 0.15) is 5.44 Å². The minimum absolute atomic E-state index is 0.125. The van der Waals surface area contributed by atoms with Crippen molar-refractivity contribution in [1.29, 1.82) is 0 Å². The Bertz CT molecular complexity index is 490. The average Bonchev–Trinajstić information content (AvgIpc) is 2.82. The lowest BCUT2D eigenvalue weighted by molar-refractivity contribution is -0.568. The second-order valence-electron chi connectivity index (χ2n) is 8.58. The SMILES string of the molecule is C[C@H]1[C@H](SCCCCO)O[C@@H]2OC3(C)CC[C@H]4[C@H](C)CC[C@@H]1[C@@]24OO3. The molecule has 1 spiro atoms. The second-order valence-corrected chi connectivity index (χ2v) is 9.78. The molecule has 1 aliphatic carbocycles. The van der Waals surface area contributed by atoms with E-state index < -0.39 is 11.4 Å². The van der Waals surface area contributed by atoms with Gasteiger partial charge >= 0.3 is 0 Å². The first-order valence-corrected chi connectivity index (χ1v) is 11.0. The summed E-state index contributed by atoms with van der Waals surface area (Å²) in [6.45, 7) is 6.88. The normalized spacial score (nSPS) is 51.8. The van der Waals surface area contributed by atoms with Crippen LogP contribution in [0.5, 0.6) is 0 Å². The maximum atomic E-state index is 8.99. The minimum Gasteiger partial charge on any atom is -0.396 e. The van der Waals surface area contributed by atoms with Gasteiger partial charge in [-0.15, -0.1) is 11.8 Å². The fourth-order valence-electron chi connectivity index (χ4n) is 5.48. The van der Waals surface area contributed by atoms with Gasteiger partial charge in [0.15, 0.2) is 11.9 Å². The molecule has 0 amide bonds. The van der Waals surface area contributed by atoms with Gasteiger partial charge in [0.2, 0.25) is 5.79 Å². The lowest BCUT2D eigenvalue weighted by atomic mass is 9.58. The molecular formula is C19H32O5S. The van der Waals surface area contributed by atoms with Gasteiger partial charge in [-0.1, -0.05) is 13.8 Å². The molecule has 4 saturated heterocycles. The third kappa shape index (κ3) is 2.97. The van der Waals surface area contributed by atoms with Gasteiger partial charge < -0.3 is 14.6 Å². The summed E-state index contributed by atoms with van der Waals surface area (Å²) in [4.78, 5) is 12.0. The van der Waals surface area contributed by atoms with Crippen LogP contribution in [0.15, 0.2) is 0 Å². The van der Waals surface area contributed by atoms with Crippen LogP contribution in [0.1, 0.15) is 59.3 Å². The molecule has 4 heterocycles. The summed E-state index contributed by atoms with van der Waals surface area (Å²) in [5.41, 5.74) is -0.324. The first kappa shape index (κ1) is 18.5. The molecule has 6 heteroatoms. The van der Waals surface area contributed by atoms with Gasteiger partial charge in [-0.25, -0.2) is 9.78 Å². The second kappa shape index (κ2) is 6.95. The van der Waals surface area contributed by atoms with E-state index in [1.807, 2.05) is 18.7 Å². The van der Waals surface area contributed by atoms with Gasteiger partial charge in [0, 0.05) is 18.9 Å². The van der Waals surface area contributed by atoms with E-state index in [1.54, 1.807) is 0 Å². The van der Waals surface area contributed by atoms with Crippen LogP contribution in [0.4, 0.5) is 0 Å². The summed E-state index contributed by atoms with van der Waals surface area (Å²) < 4.78 is 12.9. The lowest BCUT2D eigenvalue weighted by Crippen LogP contribution is -2.70. The Balaban J connectivity index is 1.58. The highest BCUT2D eigenvalue weighted by atomic mass is 32.2. The predicted molar refractivity (Wildman–Crippen MR) is 95.6 cm³/mol. The molecule has 5 rings (SSSR count). The summed E-state index contributed by atoms with van der Waals surface area (Å²) >= 11 is 1.87. The Morgan fingerprint density at radius 1 is 1.08 bits per heavy atom. The number of thioether (sulfide) groups is 1. The highest BCUT2D eigenvalue weighted by Crippen LogP contribution is 2.61. The smallest absolute Gasteiger partial charge is 0.201 e. The maximum absolute atomic E-state index is 8.99. The number of unbranched alkanes of at least 4 members (excludes halogenated alkanes) is 1. The van der Waals surface area contributed by atoms with E-state index >= 15 is 0 Å². The fourth-order valence-corrected chi connectivity index (χ4v) is 6.75. The van der Waals surface area contributed by atoms with E-state index in [0.717, 1.165) is 37.9 Å². The molecule has 2 bridgehead atoms. The number of hydrogen-bond acceptors (Lipinski definition) is 6. The van der Waals surface area contributed by atoms with Crippen molar-refractivity contribution in [2.75, 3.05) is 12.4 Å². The molecule has 0 radical (unpaired) electrons. The van der Waals surface area contributed by atoms with Crippen LogP contribution in [0.25, 0.3) is 0 Å². The summed E-state index contributed by atoms with van der Waals surface area (Å²) in [6.07, 6.45) is 5.88. The van der Waals surface area contributed by atoms with Gasteiger partial charge in [-0.3, -0.25) is 0 Å². The number of hydrogen-bond donors (Lipinski definition) is 1. The first-order valence-electron chi connectivity index (χ1n) is 9.93. The molecule has 1 N–H and O–H groups in total. The highest BCUT2D eigenvalue weighted by Gasteiger charge is 2.69. The molecule has 1 unspecified atom stereocenters. The summed E-state index contributed by atoms with van der Waals surface area (Å²) in [7, 11) is 0. The maximum Gasteiger partial charge on any atom is 0.201 e. The van der Waals surface area contributed by atoms with Gasteiger partial charge in [-0.2, -0.15) is 0 Å². The molecular weight excluding hydrogens is 340 g/mol. The standard InChI is InChI=1S/C19H32O5S/c1-12-6-7-15-13(2)16(25-11-5-4-10-20)21-17-19(15)14(12)8-9-18(3,22-17)23-24-19/h12-17,20H,4-11H2,1-3H3/t12-,13-,14+,15+,16+,17-,18?,19-/m1/s1. The van der Waals surface area contributed by atoms with Crippen LogP contribution in [0.2, 0.25) is 0 Å². The molecule has 5 nitrogen and oxygen atoms in total. The third-order valence-electron chi connectivity index (χ3n) is 6.93. The Morgan fingerprint density at radius 2 is 1.92 bits per heavy atom. The molecule has 5 aliphatic rings. The van der Waals surface area contributed by atoms with Crippen molar-refractivity contribution in [3.63, 3.8) is 0 Å². The minimum atomic E-state index is -0.690. The van der Waals surface area contributed by atoms with Crippen molar-refractivity contribution in [2.24, 2.45) is 23.7 Å². The van der Waals surface area contributed by atoms with Gasteiger partial charge in [0.05, 0.1) is 0 Å². The summed E-state index contributed by atoms with van der Waals surface area (Å²) in [6, 6.07) is 0. The van der Waals surface area contributed by atoms with Crippen molar-refractivity contribution in [2.45, 2.75) is 82.4 Å². The van der Waals surface area contributed by atoms with E-state index in [-0.39, 0.29) is 18.3 Å². The monoisotopic (exact) mass is 372 g/mol. The van der Waals surface area contributed by atoms with E-state index in [9.17, 15) is 0 Å². The molecule has 25 heavy (non-hydrogen) atoms. The molecule has 0 aromatic heterocycles. The third-order valence-corrected chi connectivity index (χ3v) is 8.33. The molecule has 4 aliphatic heterocycles. The van der Waals surface area contributed by atoms with Gasteiger partial charge in [-0.05, 0) is 62.5 Å². The molecule has 5 fully saturated rings. The highest BCUT2D eigenvalue weighted by molar-refractivity contribution is 7.99. The Kier molecular flexibility index (Phi) is 5.15. The van der Waals surface area contributed by atoms with Crippen LogP contribution in [-0.2, 0) is 19.2 Å². The zero-order valence-corrected chi connectivity index (χ0v) is 16.4. The summed E-state index contributed by atoms with van der Waals surface area (Å²) in [5, 5.41) is 8.99. The number of fused-ring (bicyclic) bond motifs is 2. The first-order chi connectivity index (χ1) is 12.0. The van der Waals surface area contributed by atoms with Crippen molar-refractivity contribution in [3.8, 4) is 0 Å². The lowest BCUT2D eigenvalue weighted by Gasteiger charge is -2.60. The van der Waals surface area contributed by atoms with Crippen molar-refractivity contribution >= 4 is 11.8 Å². The van der Waals surface area contributed by atoms with Crippen LogP contribution >= 0.6 is 11.8 Å². The predicted octanol–water partition coefficient (Wildman–Crippen LogP) is 3.70. The van der Waals surface area contributed by atoms with E-state index in [4.69, 9.17) is 24.4 Å². The van der Waals surface area contributed by atoms with Crippen molar-refractivity contribution in [1.82, 2.24) is 0 Å². The average molecular weight is 373 g/mol. The van der Waals surface area contributed by atoms with Crippen molar-refractivity contribution in [3.05, 3.63) is 0 Å². The Labute approximate surface area is 155 Å². The Hall–Kier alpha value is 0.150. The van der Waals surface area contributed by atoms with Crippen LogP contribution < -0.4 is 0 Å². The quantitative estimate of drug-likeness (QED) is 0.587. The van der Waals surface area contributed by atoms with E-state index in [2.05, 4.69) is 13.8 Å². The fraction of sp³-hybridized carbons (Fsp3) is 1.00. The van der Waals surface area contributed by atoms with E-state index in [1.165, 1.54) is 6.42 Å². The molecule has 1 saturated carbocycles. The van der Waals surface area contributed by atoms with Crippen LogP contribution in [0, 0.1) is 23.7 Å². The molecule has 0 aromatic carbocycles. The molecule has 8 atom stereocenters. The summed E-state index contributed by atoms with van der Waals surface area (Å²) in [5.74, 6) is 2.17. The topological polar surface area (TPSA) is 57.2 Å². The molecule has 0 aromatic rings. The number of ether oxygens (including phenoxy) is 2. The number of aliphatic hydroxyl groups excluding tert-OH is 1. The van der Waals surface area contributed by atoms with Crippen LogP contribution in [-0.4, -0.2) is 40.6 Å².